The number of carbonyl (C=O) groups excluding carboxylic acids is 2. The second kappa shape index (κ2) is 8.09. The summed E-state index contributed by atoms with van der Waals surface area (Å²) in [5.74, 6) is -0.0714. The first-order chi connectivity index (χ1) is 15.7. The van der Waals surface area contributed by atoms with Gasteiger partial charge < -0.3 is 14.0 Å². The summed E-state index contributed by atoms with van der Waals surface area (Å²) in [6.07, 6.45) is 1.78. The summed E-state index contributed by atoms with van der Waals surface area (Å²) in [7, 11) is 6.18. The molecule has 33 heavy (non-hydrogen) atoms. The van der Waals surface area contributed by atoms with E-state index < -0.39 is 11.2 Å². The Labute approximate surface area is 189 Å². The summed E-state index contributed by atoms with van der Waals surface area (Å²) in [5, 5.41) is 0.181. The lowest BCUT2D eigenvalue weighted by atomic mass is 10.0. The van der Waals surface area contributed by atoms with Gasteiger partial charge in [-0.3, -0.25) is 23.5 Å². The van der Waals surface area contributed by atoms with Gasteiger partial charge >= 0.3 is 5.69 Å². The van der Waals surface area contributed by atoms with Gasteiger partial charge in [-0.2, -0.15) is 0 Å². The minimum Gasteiger partial charge on any atom is -0.494 e. The molecule has 0 atom stereocenters. The van der Waals surface area contributed by atoms with Crippen molar-refractivity contribution < 1.29 is 14.3 Å². The third-order valence-corrected chi connectivity index (χ3v) is 5.85. The van der Waals surface area contributed by atoms with Gasteiger partial charge in [-0.05, 0) is 37.3 Å². The van der Waals surface area contributed by atoms with Crippen LogP contribution in [0.2, 0.25) is 0 Å². The Morgan fingerprint density at radius 1 is 1.06 bits per heavy atom. The van der Waals surface area contributed by atoms with Gasteiger partial charge in [0.05, 0.1) is 23.5 Å². The fraction of sp³-hybridized carbons (Fsp3) is 0.250. The normalized spacial score (nSPS) is 11.2. The lowest BCUT2D eigenvalue weighted by molar-refractivity contribution is -0.129. The third-order valence-electron chi connectivity index (χ3n) is 5.85. The first-order valence-corrected chi connectivity index (χ1v) is 10.3. The Kier molecular flexibility index (Phi) is 5.41. The predicted molar refractivity (Wildman–Crippen MR) is 124 cm³/mol. The van der Waals surface area contributed by atoms with Gasteiger partial charge in [0, 0.05) is 38.5 Å². The van der Waals surface area contributed by atoms with Crippen LogP contribution in [0.5, 0.6) is 5.75 Å². The first-order valence-electron chi connectivity index (χ1n) is 10.3. The summed E-state index contributed by atoms with van der Waals surface area (Å²) in [6, 6.07) is 10.2. The van der Waals surface area contributed by atoms with E-state index >= 15 is 0 Å². The van der Waals surface area contributed by atoms with Crippen molar-refractivity contribution in [3.63, 3.8) is 0 Å². The van der Waals surface area contributed by atoms with Crippen molar-refractivity contribution in [2.75, 3.05) is 21.2 Å². The molecule has 0 spiro atoms. The van der Waals surface area contributed by atoms with Crippen molar-refractivity contribution in [1.82, 2.24) is 18.4 Å². The molecule has 3 aromatic heterocycles. The molecule has 170 valence electrons. The van der Waals surface area contributed by atoms with Crippen LogP contribution in [0.15, 0.2) is 52.2 Å². The van der Waals surface area contributed by atoms with E-state index in [-0.39, 0.29) is 29.2 Å². The molecule has 9 heteroatoms. The number of amides is 1. The van der Waals surface area contributed by atoms with Gasteiger partial charge in [0.1, 0.15) is 18.0 Å². The molecule has 0 aliphatic heterocycles. The average molecular weight is 448 g/mol. The van der Waals surface area contributed by atoms with E-state index in [2.05, 4.69) is 0 Å². The van der Waals surface area contributed by atoms with Crippen molar-refractivity contribution in [3.05, 3.63) is 80.3 Å². The maximum atomic E-state index is 13.6. The molecule has 0 N–H and O–H groups in total. The van der Waals surface area contributed by atoms with Gasteiger partial charge in [-0.15, -0.1) is 0 Å². The fourth-order valence-corrected chi connectivity index (χ4v) is 4.05. The zero-order chi connectivity index (χ0) is 24.0. The second-order valence-electron chi connectivity index (χ2n) is 8.04. The zero-order valence-corrected chi connectivity index (χ0v) is 19.1. The number of aryl methyl sites for hydroxylation is 1. The predicted octanol–water partition coefficient (Wildman–Crippen LogP) is 1.59. The summed E-state index contributed by atoms with van der Waals surface area (Å²) in [6.45, 7) is 1.43. The van der Waals surface area contributed by atoms with Gasteiger partial charge in [-0.1, -0.05) is 6.07 Å². The lowest BCUT2D eigenvalue weighted by Crippen LogP contribution is -2.43. The van der Waals surface area contributed by atoms with Crippen molar-refractivity contribution in [1.29, 1.82) is 0 Å². The third kappa shape index (κ3) is 3.42. The maximum absolute atomic E-state index is 13.6. The van der Waals surface area contributed by atoms with Crippen LogP contribution in [0.25, 0.3) is 16.4 Å². The fourth-order valence-electron chi connectivity index (χ4n) is 4.05. The number of hydrogen-bond donors (Lipinski definition) is 0. The molecular weight excluding hydrogens is 424 g/mol. The van der Waals surface area contributed by atoms with Gasteiger partial charge in [0.2, 0.25) is 11.7 Å². The highest BCUT2D eigenvalue weighted by Gasteiger charge is 2.23. The summed E-state index contributed by atoms with van der Waals surface area (Å²) in [4.78, 5) is 52.9. The van der Waals surface area contributed by atoms with Crippen LogP contribution < -0.4 is 16.0 Å². The molecule has 0 saturated carbocycles. The highest BCUT2D eigenvalue weighted by atomic mass is 16.5. The van der Waals surface area contributed by atoms with Gasteiger partial charge in [0.25, 0.3) is 5.56 Å². The van der Waals surface area contributed by atoms with Crippen LogP contribution in [0.1, 0.15) is 21.6 Å². The lowest BCUT2D eigenvalue weighted by Gasteiger charge is -2.14. The molecule has 0 bridgehead atoms. The Hall–Kier alpha value is -4.14. The Balaban J connectivity index is 1.92. The van der Waals surface area contributed by atoms with E-state index in [1.54, 1.807) is 43.9 Å². The smallest absolute Gasteiger partial charge is 0.331 e. The molecule has 0 unspecified atom stereocenters. The van der Waals surface area contributed by atoms with Crippen molar-refractivity contribution in [2.45, 2.75) is 13.5 Å². The first kappa shape index (κ1) is 22.1. The Bertz CT molecular complexity index is 1560. The van der Waals surface area contributed by atoms with Crippen LogP contribution in [0, 0.1) is 6.92 Å². The number of carbonyl (C=O) groups is 2. The number of rotatable bonds is 5. The van der Waals surface area contributed by atoms with E-state index in [1.165, 1.54) is 22.6 Å². The largest absolute Gasteiger partial charge is 0.494 e. The maximum Gasteiger partial charge on any atom is 0.331 e. The molecule has 1 amide bonds. The standard InChI is InChI=1S/C24H24N4O5/c1-14-20(27-11-7-6-8-18(27)22(14)33-5)21(30)15-9-10-17-16(12-15)23(31)28(24(32)26(17)4)13-19(29)25(2)3/h6-12H,13H2,1-5H3. The minimum atomic E-state index is -0.618. The molecule has 4 aromatic rings. The quantitative estimate of drug-likeness (QED) is 0.432. The number of methoxy groups -OCH3 is 1. The summed E-state index contributed by atoms with van der Waals surface area (Å²) < 4.78 is 9.46. The van der Waals surface area contributed by atoms with Crippen LogP contribution in [-0.2, 0) is 18.4 Å². The Morgan fingerprint density at radius 3 is 2.45 bits per heavy atom. The minimum absolute atomic E-state index is 0.181. The van der Waals surface area contributed by atoms with Crippen molar-refractivity contribution >= 4 is 28.1 Å². The Morgan fingerprint density at radius 2 is 1.79 bits per heavy atom. The van der Waals surface area contributed by atoms with Gasteiger partial charge in [-0.25, -0.2) is 4.79 Å². The molecule has 1 aromatic carbocycles. The molecule has 0 saturated heterocycles. The van der Waals surface area contributed by atoms with E-state index in [0.29, 0.717) is 22.5 Å². The van der Waals surface area contributed by atoms with Crippen LogP contribution >= 0.6 is 0 Å². The van der Waals surface area contributed by atoms with Crippen LogP contribution in [0.3, 0.4) is 0 Å². The van der Waals surface area contributed by atoms with Gasteiger partial charge in [0.15, 0.2) is 0 Å². The number of hydrogen-bond acceptors (Lipinski definition) is 5. The SMILES string of the molecule is COc1c(C)c(C(=O)c2ccc3c(c2)c(=O)n(CC(=O)N(C)C)c(=O)n3C)n2ccccc12. The van der Waals surface area contributed by atoms with Crippen molar-refractivity contribution in [2.24, 2.45) is 7.05 Å². The van der Waals surface area contributed by atoms with E-state index in [0.717, 1.165) is 10.1 Å². The topological polar surface area (TPSA) is 95.0 Å². The summed E-state index contributed by atoms with van der Waals surface area (Å²) in [5.41, 5.74) is 1.32. The second-order valence-corrected chi connectivity index (χ2v) is 8.04. The highest BCUT2D eigenvalue weighted by Crippen LogP contribution is 2.31. The summed E-state index contributed by atoms with van der Waals surface area (Å²) >= 11 is 0. The average Bonchev–Trinajstić information content (AvgIpc) is 3.10. The molecule has 9 nitrogen and oxygen atoms in total. The number of aromatic nitrogens is 3. The molecule has 0 radical (unpaired) electrons. The number of ketones is 1. The molecule has 3 heterocycles. The molecule has 0 fully saturated rings. The van der Waals surface area contributed by atoms with E-state index in [1.807, 2.05) is 25.1 Å². The zero-order valence-electron chi connectivity index (χ0n) is 19.1. The van der Waals surface area contributed by atoms with Crippen LogP contribution in [-0.4, -0.2) is 51.3 Å². The molecule has 0 aliphatic carbocycles. The number of fused-ring (bicyclic) bond motifs is 2. The molecule has 0 aliphatic rings. The molecule has 4 rings (SSSR count). The highest BCUT2D eigenvalue weighted by molar-refractivity contribution is 6.11. The molecular formula is C24H24N4O5. The number of likely N-dealkylation sites (N-methyl/N-ethyl adjacent to an activating group) is 1. The van der Waals surface area contributed by atoms with E-state index in [4.69, 9.17) is 4.74 Å². The number of benzene rings is 1. The monoisotopic (exact) mass is 448 g/mol. The van der Waals surface area contributed by atoms with Crippen LogP contribution in [0.4, 0.5) is 0 Å². The van der Waals surface area contributed by atoms with Crippen molar-refractivity contribution in [3.8, 4) is 5.75 Å². The number of ether oxygens (including phenoxy) is 1. The number of nitrogens with zero attached hydrogens (tertiary/aromatic N) is 4. The number of pyridine rings is 1. The van der Waals surface area contributed by atoms with E-state index in [9.17, 15) is 19.2 Å².